The Morgan fingerprint density at radius 2 is 1.78 bits per heavy atom. The summed E-state index contributed by atoms with van der Waals surface area (Å²) in [6.45, 7) is 5.43. The molecular formula is C23H25N3O. The molecule has 0 amide bonds. The van der Waals surface area contributed by atoms with E-state index in [1.165, 1.54) is 17.5 Å². The quantitative estimate of drug-likeness (QED) is 0.455. The Balaban J connectivity index is 1.62. The number of nitrogens with one attached hydrogen (secondary N) is 1. The molecule has 3 aromatic carbocycles. The van der Waals surface area contributed by atoms with Crippen molar-refractivity contribution in [1.82, 2.24) is 0 Å². The van der Waals surface area contributed by atoms with Gasteiger partial charge in [0, 0.05) is 12.2 Å². The predicted molar refractivity (Wildman–Crippen MR) is 113 cm³/mol. The molecule has 0 fully saturated rings. The number of aliphatic imine (C=N–C) groups is 1. The number of hydrogen-bond donors (Lipinski definition) is 2. The van der Waals surface area contributed by atoms with Gasteiger partial charge in [0.1, 0.15) is 12.4 Å². The topological polar surface area (TPSA) is 59.6 Å². The van der Waals surface area contributed by atoms with E-state index in [0.717, 1.165) is 34.8 Å². The molecule has 138 valence electrons. The molecule has 3 N–H and O–H groups in total. The normalized spacial score (nSPS) is 10.9. The monoisotopic (exact) mass is 359 g/mol. The van der Waals surface area contributed by atoms with Gasteiger partial charge in [0.25, 0.3) is 0 Å². The van der Waals surface area contributed by atoms with Gasteiger partial charge in [-0.25, -0.2) is 4.99 Å². The van der Waals surface area contributed by atoms with Crippen molar-refractivity contribution in [1.29, 1.82) is 0 Å². The standard InChI is InChI=1S/C23H25N3O/c1-17-8-10-21(13-23(17)26-16-24)25-14-20-9-11-22(12-18(20)2)27-15-19-6-4-3-5-7-19/h3-13,16,25H,14-15H2,1-2H3,(H2,24,26). The van der Waals surface area contributed by atoms with Gasteiger partial charge in [0.05, 0.1) is 12.0 Å². The molecule has 3 aromatic rings. The highest BCUT2D eigenvalue weighted by Gasteiger charge is 2.04. The maximum atomic E-state index is 5.90. The van der Waals surface area contributed by atoms with E-state index in [-0.39, 0.29) is 0 Å². The molecule has 0 heterocycles. The van der Waals surface area contributed by atoms with Crippen LogP contribution in [0.3, 0.4) is 0 Å². The Morgan fingerprint density at radius 1 is 0.963 bits per heavy atom. The largest absolute Gasteiger partial charge is 0.489 e. The fourth-order valence-corrected chi connectivity index (χ4v) is 2.83. The van der Waals surface area contributed by atoms with Crippen molar-refractivity contribution in [3.63, 3.8) is 0 Å². The summed E-state index contributed by atoms with van der Waals surface area (Å²) >= 11 is 0. The third-order valence-corrected chi connectivity index (χ3v) is 4.47. The molecule has 0 atom stereocenters. The summed E-state index contributed by atoms with van der Waals surface area (Å²) in [6.07, 6.45) is 1.32. The van der Waals surface area contributed by atoms with Crippen LogP contribution >= 0.6 is 0 Å². The third-order valence-electron chi connectivity index (χ3n) is 4.47. The molecule has 0 saturated carbocycles. The number of aryl methyl sites for hydroxylation is 2. The zero-order valence-corrected chi connectivity index (χ0v) is 15.8. The number of benzene rings is 3. The zero-order valence-electron chi connectivity index (χ0n) is 15.8. The van der Waals surface area contributed by atoms with Crippen LogP contribution in [-0.4, -0.2) is 6.34 Å². The van der Waals surface area contributed by atoms with Crippen molar-refractivity contribution in [2.45, 2.75) is 27.0 Å². The average molecular weight is 359 g/mol. The number of nitrogens with zero attached hydrogens (tertiary/aromatic N) is 1. The summed E-state index contributed by atoms with van der Waals surface area (Å²) in [5.41, 5.74) is 12.0. The molecule has 4 nitrogen and oxygen atoms in total. The van der Waals surface area contributed by atoms with Gasteiger partial charge in [-0.15, -0.1) is 0 Å². The minimum absolute atomic E-state index is 0.575. The van der Waals surface area contributed by atoms with Crippen molar-refractivity contribution in [3.8, 4) is 5.75 Å². The number of rotatable bonds is 7. The first-order valence-electron chi connectivity index (χ1n) is 9.01. The van der Waals surface area contributed by atoms with E-state index in [9.17, 15) is 0 Å². The molecule has 0 aliphatic carbocycles. The average Bonchev–Trinajstić information content (AvgIpc) is 2.69. The summed E-state index contributed by atoms with van der Waals surface area (Å²) in [7, 11) is 0. The van der Waals surface area contributed by atoms with Crippen molar-refractivity contribution >= 4 is 17.7 Å². The maximum absolute atomic E-state index is 5.90. The molecule has 0 aliphatic rings. The summed E-state index contributed by atoms with van der Waals surface area (Å²) in [4.78, 5) is 4.19. The van der Waals surface area contributed by atoms with Crippen molar-refractivity contribution in [2.24, 2.45) is 10.7 Å². The van der Waals surface area contributed by atoms with Crippen LogP contribution in [0.15, 0.2) is 71.7 Å². The Labute approximate surface area is 160 Å². The first-order valence-corrected chi connectivity index (χ1v) is 9.01. The SMILES string of the molecule is Cc1cc(OCc2ccccc2)ccc1CNc1ccc(C)c(N=CN)c1. The smallest absolute Gasteiger partial charge is 0.120 e. The lowest BCUT2D eigenvalue weighted by Crippen LogP contribution is -2.02. The van der Waals surface area contributed by atoms with Gasteiger partial charge in [-0.3, -0.25) is 0 Å². The second-order valence-corrected chi connectivity index (χ2v) is 6.50. The van der Waals surface area contributed by atoms with Gasteiger partial charge in [-0.2, -0.15) is 0 Å². The molecule has 0 bridgehead atoms. The number of ether oxygens (including phenoxy) is 1. The van der Waals surface area contributed by atoms with Crippen molar-refractivity contribution in [3.05, 3.63) is 89.0 Å². The molecule has 4 heteroatoms. The lowest BCUT2D eigenvalue weighted by atomic mass is 10.1. The first kappa shape index (κ1) is 18.5. The number of anilines is 1. The van der Waals surface area contributed by atoms with Gasteiger partial charge in [0.2, 0.25) is 0 Å². The number of hydrogen-bond acceptors (Lipinski definition) is 3. The van der Waals surface area contributed by atoms with E-state index < -0.39 is 0 Å². The number of nitrogens with two attached hydrogens (primary N) is 1. The molecule has 0 radical (unpaired) electrons. The second kappa shape index (κ2) is 8.90. The third kappa shape index (κ3) is 5.11. The van der Waals surface area contributed by atoms with E-state index in [2.05, 4.69) is 47.6 Å². The summed E-state index contributed by atoms with van der Waals surface area (Å²) in [5, 5.41) is 3.45. The van der Waals surface area contributed by atoms with Crippen molar-refractivity contribution in [2.75, 3.05) is 5.32 Å². The minimum Gasteiger partial charge on any atom is -0.489 e. The maximum Gasteiger partial charge on any atom is 0.120 e. The Kier molecular flexibility index (Phi) is 6.10. The molecule has 0 spiro atoms. The Bertz CT molecular complexity index is 920. The van der Waals surface area contributed by atoms with E-state index in [4.69, 9.17) is 10.5 Å². The molecule has 0 saturated heterocycles. The fraction of sp³-hybridized carbons (Fsp3) is 0.174. The zero-order chi connectivity index (χ0) is 19.1. The molecule has 3 rings (SSSR count). The van der Waals surface area contributed by atoms with E-state index in [0.29, 0.717) is 6.61 Å². The molecular weight excluding hydrogens is 334 g/mol. The second-order valence-electron chi connectivity index (χ2n) is 6.50. The van der Waals surface area contributed by atoms with Crippen LogP contribution in [0.4, 0.5) is 11.4 Å². The fourth-order valence-electron chi connectivity index (χ4n) is 2.83. The molecule has 0 unspecified atom stereocenters. The van der Waals surface area contributed by atoms with E-state index >= 15 is 0 Å². The van der Waals surface area contributed by atoms with Crippen LogP contribution in [0.1, 0.15) is 22.3 Å². The van der Waals surface area contributed by atoms with Crippen LogP contribution in [0.5, 0.6) is 5.75 Å². The Morgan fingerprint density at radius 3 is 2.52 bits per heavy atom. The molecule has 0 aromatic heterocycles. The van der Waals surface area contributed by atoms with E-state index in [1.807, 2.05) is 43.3 Å². The predicted octanol–water partition coefficient (Wildman–Crippen LogP) is 5.11. The van der Waals surface area contributed by atoms with E-state index in [1.54, 1.807) is 0 Å². The highest BCUT2D eigenvalue weighted by Crippen LogP contribution is 2.24. The summed E-state index contributed by atoms with van der Waals surface area (Å²) in [6, 6.07) is 22.5. The van der Waals surface area contributed by atoms with Crippen LogP contribution in [0.25, 0.3) is 0 Å². The van der Waals surface area contributed by atoms with Crippen molar-refractivity contribution < 1.29 is 4.74 Å². The van der Waals surface area contributed by atoms with Gasteiger partial charge >= 0.3 is 0 Å². The minimum atomic E-state index is 0.575. The van der Waals surface area contributed by atoms with Gasteiger partial charge in [0.15, 0.2) is 0 Å². The highest BCUT2D eigenvalue weighted by molar-refractivity contribution is 5.65. The first-order chi connectivity index (χ1) is 13.2. The highest BCUT2D eigenvalue weighted by atomic mass is 16.5. The summed E-state index contributed by atoms with van der Waals surface area (Å²) < 4.78 is 5.90. The Hall–Kier alpha value is -3.27. The molecule has 0 aliphatic heterocycles. The molecule has 27 heavy (non-hydrogen) atoms. The lowest BCUT2D eigenvalue weighted by molar-refractivity contribution is 0.306. The van der Waals surface area contributed by atoms with Crippen LogP contribution < -0.4 is 15.8 Å². The lowest BCUT2D eigenvalue weighted by Gasteiger charge is -2.13. The van der Waals surface area contributed by atoms with Crippen LogP contribution in [0, 0.1) is 13.8 Å². The summed E-state index contributed by atoms with van der Waals surface area (Å²) in [5.74, 6) is 0.884. The van der Waals surface area contributed by atoms with Gasteiger partial charge in [-0.05, 0) is 60.4 Å². The van der Waals surface area contributed by atoms with Crippen LogP contribution in [-0.2, 0) is 13.2 Å². The van der Waals surface area contributed by atoms with Crippen LogP contribution in [0.2, 0.25) is 0 Å². The van der Waals surface area contributed by atoms with Gasteiger partial charge < -0.3 is 15.8 Å². The van der Waals surface area contributed by atoms with Gasteiger partial charge in [-0.1, -0.05) is 42.5 Å².